The highest BCUT2D eigenvalue weighted by Gasteiger charge is 2.41. The smallest absolute Gasteiger partial charge is 0.334 e. The Balaban J connectivity index is 2.13. The summed E-state index contributed by atoms with van der Waals surface area (Å²) in [5.41, 5.74) is 0.438. The predicted molar refractivity (Wildman–Crippen MR) is 197 cm³/mol. The molecule has 2 bridgehead atoms. The van der Waals surface area contributed by atoms with Crippen LogP contribution in [0.15, 0.2) is 60.3 Å². The summed E-state index contributed by atoms with van der Waals surface area (Å²) in [6.45, 7) is 7.57. The van der Waals surface area contributed by atoms with Gasteiger partial charge in [-0.3, -0.25) is 0 Å². The van der Waals surface area contributed by atoms with Crippen LogP contribution in [-0.4, -0.2) is 119 Å². The first kappa shape index (κ1) is 45.9. The highest BCUT2D eigenvalue weighted by atomic mass is 16.6. The molecule has 0 amide bonds. The number of rotatable bonds is 1. The number of hydrogen-bond acceptors (Lipinski definition) is 12. The van der Waals surface area contributed by atoms with E-state index in [0.29, 0.717) is 31.3 Å². The molecule has 9 N–H and O–H groups in total. The van der Waals surface area contributed by atoms with Crippen LogP contribution < -0.4 is 0 Å². The number of carbonyl (C=O) groups is 1. The van der Waals surface area contributed by atoms with Crippen LogP contribution in [0.2, 0.25) is 0 Å². The van der Waals surface area contributed by atoms with Gasteiger partial charge in [0.2, 0.25) is 0 Å². The van der Waals surface area contributed by atoms with E-state index >= 15 is 0 Å². The lowest BCUT2D eigenvalue weighted by molar-refractivity contribution is -0.282. The van der Waals surface area contributed by atoms with Gasteiger partial charge in [-0.2, -0.15) is 0 Å². The Labute approximate surface area is 309 Å². The van der Waals surface area contributed by atoms with E-state index < -0.39 is 66.7 Å². The fourth-order valence-corrected chi connectivity index (χ4v) is 7.02. The average molecular weight is 739 g/mol. The Morgan fingerprint density at radius 3 is 1.60 bits per heavy atom. The van der Waals surface area contributed by atoms with Crippen molar-refractivity contribution in [3.05, 3.63) is 60.3 Å². The molecule has 0 aliphatic carbocycles. The van der Waals surface area contributed by atoms with Gasteiger partial charge in [-0.05, 0) is 76.5 Å². The highest BCUT2D eigenvalue weighted by Crippen LogP contribution is 2.33. The zero-order valence-electron chi connectivity index (χ0n) is 31.4. The van der Waals surface area contributed by atoms with E-state index in [1.165, 1.54) is 0 Å². The number of allylic oxidation sites excluding steroid dienone is 8. The van der Waals surface area contributed by atoms with Crippen molar-refractivity contribution in [2.24, 2.45) is 11.8 Å². The summed E-state index contributed by atoms with van der Waals surface area (Å²) in [7, 11) is 0. The summed E-state index contributed by atoms with van der Waals surface area (Å²) in [4.78, 5) is 12.8. The number of carbonyl (C=O) groups excluding carboxylic acids is 1. The highest BCUT2D eigenvalue weighted by molar-refractivity contribution is 5.88. The van der Waals surface area contributed by atoms with Crippen LogP contribution in [0.3, 0.4) is 0 Å². The second kappa shape index (κ2) is 23.5. The summed E-state index contributed by atoms with van der Waals surface area (Å²) < 4.78 is 11.7. The molecule has 0 aromatic rings. The summed E-state index contributed by atoms with van der Waals surface area (Å²) in [5.74, 6) is -2.27. The number of esters is 1. The van der Waals surface area contributed by atoms with E-state index in [9.17, 15) is 50.8 Å². The van der Waals surface area contributed by atoms with Gasteiger partial charge in [-0.1, -0.05) is 75.5 Å². The van der Waals surface area contributed by atoms with Gasteiger partial charge < -0.3 is 55.4 Å². The second-order valence-electron chi connectivity index (χ2n) is 15.3. The molecular formula is C40H66O12. The van der Waals surface area contributed by atoms with Crippen LogP contribution in [0.25, 0.3) is 0 Å². The molecule has 0 aromatic heterocycles. The first-order chi connectivity index (χ1) is 24.5. The standard InChI is InChI=1S/C40H66O12/c1-26(2)38-27(3)15-16-29(41)17-30(42)18-31(43)19-32(44)20-33(45)21-34(46)22-35(47)24-40(50)25-36(48)23-37(52-40)14-12-10-8-6-5-7-9-11-13-28(4)39(49)51-38/h5-13,26-27,29-38,41-48,50H,14-25H2,1-4H3. The predicted octanol–water partition coefficient (Wildman–Crippen LogP) is 3.03. The first-order valence-corrected chi connectivity index (χ1v) is 18.8. The molecule has 0 spiro atoms. The zero-order chi connectivity index (χ0) is 38.8. The normalized spacial score (nSPS) is 38.3. The average Bonchev–Trinajstić information content (AvgIpc) is 3.01. The molecule has 0 saturated carbocycles. The van der Waals surface area contributed by atoms with Gasteiger partial charge in [0, 0.05) is 24.8 Å². The Kier molecular flexibility index (Phi) is 20.8. The Bertz CT molecular complexity index is 1180. The van der Waals surface area contributed by atoms with Crippen LogP contribution in [0, 0.1) is 11.8 Å². The van der Waals surface area contributed by atoms with Crippen molar-refractivity contribution in [1.29, 1.82) is 0 Å². The molecule has 12 unspecified atom stereocenters. The molecule has 2 aliphatic heterocycles. The van der Waals surface area contributed by atoms with Gasteiger partial charge in [-0.25, -0.2) is 4.79 Å². The molecular weight excluding hydrogens is 672 g/mol. The van der Waals surface area contributed by atoms with E-state index in [1.807, 2.05) is 51.2 Å². The minimum atomic E-state index is -1.80. The summed E-state index contributed by atoms with van der Waals surface area (Å²) in [6.07, 6.45) is 7.27. The number of aliphatic hydroxyl groups excluding tert-OH is 8. The fraction of sp³-hybridized carbons (Fsp3) is 0.725. The van der Waals surface area contributed by atoms with Crippen molar-refractivity contribution in [3.63, 3.8) is 0 Å². The number of fused-ring (bicyclic) bond motifs is 2. The van der Waals surface area contributed by atoms with E-state index in [4.69, 9.17) is 9.47 Å². The van der Waals surface area contributed by atoms with Crippen LogP contribution in [-0.2, 0) is 14.3 Å². The maximum absolute atomic E-state index is 12.8. The summed E-state index contributed by atoms with van der Waals surface area (Å²) in [6, 6.07) is 0. The van der Waals surface area contributed by atoms with E-state index in [2.05, 4.69) is 0 Å². The number of aliphatic hydroxyl groups is 9. The molecule has 298 valence electrons. The second-order valence-corrected chi connectivity index (χ2v) is 15.3. The summed E-state index contributed by atoms with van der Waals surface area (Å²) >= 11 is 0. The van der Waals surface area contributed by atoms with Gasteiger partial charge >= 0.3 is 5.97 Å². The van der Waals surface area contributed by atoms with Crippen molar-refractivity contribution >= 4 is 5.97 Å². The molecule has 12 heteroatoms. The van der Waals surface area contributed by atoms with E-state index in [-0.39, 0.29) is 69.3 Å². The Hall–Kier alpha value is -2.23. The minimum absolute atomic E-state index is 0.0120. The summed E-state index contributed by atoms with van der Waals surface area (Å²) in [5, 5.41) is 95.0. The fourth-order valence-electron chi connectivity index (χ4n) is 7.02. The molecule has 0 radical (unpaired) electrons. The van der Waals surface area contributed by atoms with Gasteiger partial charge in [-0.15, -0.1) is 0 Å². The lowest BCUT2D eigenvalue weighted by Crippen LogP contribution is -2.48. The maximum Gasteiger partial charge on any atom is 0.334 e. The van der Waals surface area contributed by atoms with Crippen molar-refractivity contribution in [3.8, 4) is 0 Å². The number of ether oxygens (including phenoxy) is 2. The molecule has 0 aromatic carbocycles. The molecule has 12 atom stereocenters. The largest absolute Gasteiger partial charge is 0.458 e. The third kappa shape index (κ3) is 18.7. The maximum atomic E-state index is 12.8. The molecule has 2 aliphatic rings. The van der Waals surface area contributed by atoms with Crippen molar-refractivity contribution in [1.82, 2.24) is 0 Å². The van der Waals surface area contributed by atoms with Crippen LogP contribution in [0.4, 0.5) is 0 Å². The zero-order valence-corrected chi connectivity index (χ0v) is 31.4. The van der Waals surface area contributed by atoms with Gasteiger partial charge in [0.05, 0.1) is 54.9 Å². The van der Waals surface area contributed by atoms with Crippen molar-refractivity contribution in [2.45, 2.75) is 172 Å². The third-order valence-electron chi connectivity index (χ3n) is 9.58. The quantitative estimate of drug-likeness (QED) is 0.178. The number of cyclic esters (lactones) is 1. The van der Waals surface area contributed by atoms with Crippen LogP contribution >= 0.6 is 0 Å². The van der Waals surface area contributed by atoms with Crippen LogP contribution in [0.1, 0.15) is 105 Å². The van der Waals surface area contributed by atoms with Crippen molar-refractivity contribution < 1.29 is 60.2 Å². The van der Waals surface area contributed by atoms with Gasteiger partial charge in [0.25, 0.3) is 0 Å². The van der Waals surface area contributed by atoms with Gasteiger partial charge in [0.15, 0.2) is 5.79 Å². The first-order valence-electron chi connectivity index (χ1n) is 18.8. The molecule has 2 heterocycles. The van der Waals surface area contributed by atoms with Crippen LogP contribution in [0.5, 0.6) is 0 Å². The molecule has 1 saturated heterocycles. The SMILES string of the molecule is CC1=CC=CC=CC=CC=CCC2CC(O)CC(O)(CC(O)CC(O)CC(O)CC(O)CC(O)CC(O)CC(O)CCC(C)C(C(C)C)OC1=O)O2. The van der Waals surface area contributed by atoms with Gasteiger partial charge in [0.1, 0.15) is 6.10 Å². The molecule has 2 rings (SSSR count). The van der Waals surface area contributed by atoms with E-state index in [1.54, 1.807) is 31.2 Å². The lowest BCUT2D eigenvalue weighted by Gasteiger charge is -2.40. The molecule has 12 nitrogen and oxygen atoms in total. The third-order valence-corrected chi connectivity index (χ3v) is 9.58. The molecule has 52 heavy (non-hydrogen) atoms. The van der Waals surface area contributed by atoms with E-state index in [0.717, 1.165) is 0 Å². The monoisotopic (exact) mass is 738 g/mol. The minimum Gasteiger partial charge on any atom is -0.458 e. The topological polar surface area (TPSA) is 218 Å². The Morgan fingerprint density at radius 2 is 1.08 bits per heavy atom. The number of hydrogen-bond donors (Lipinski definition) is 9. The Morgan fingerprint density at radius 1 is 0.635 bits per heavy atom. The molecule has 1 fully saturated rings. The van der Waals surface area contributed by atoms with Crippen molar-refractivity contribution in [2.75, 3.05) is 0 Å². The lowest BCUT2D eigenvalue weighted by atomic mass is 9.89.